The van der Waals surface area contributed by atoms with Crippen molar-refractivity contribution in [1.82, 2.24) is 4.98 Å². The summed E-state index contributed by atoms with van der Waals surface area (Å²) in [5.41, 5.74) is 4.05. The number of nitrogens with zero attached hydrogens (tertiary/aromatic N) is 2. The zero-order valence-corrected chi connectivity index (χ0v) is 17.5. The van der Waals surface area contributed by atoms with Crippen LogP contribution >= 0.6 is 11.3 Å². The van der Waals surface area contributed by atoms with E-state index in [-0.39, 0.29) is 17.1 Å². The Kier molecular flexibility index (Phi) is 5.97. The number of rotatable bonds is 5. The number of thiazole rings is 1. The molecule has 4 rings (SSSR count). The molecule has 0 radical (unpaired) electrons. The van der Waals surface area contributed by atoms with Crippen molar-refractivity contribution >= 4 is 28.5 Å². The fraction of sp³-hybridized carbons (Fsp3) is 0. The second-order valence-corrected chi connectivity index (χ2v) is 7.71. The summed E-state index contributed by atoms with van der Waals surface area (Å²) < 4.78 is 0. The predicted molar refractivity (Wildman–Crippen MR) is 125 cm³/mol. The van der Waals surface area contributed by atoms with Gasteiger partial charge in [0.15, 0.2) is 16.6 Å². The van der Waals surface area contributed by atoms with E-state index in [1.165, 1.54) is 35.6 Å². The Labute approximate surface area is 188 Å². The van der Waals surface area contributed by atoms with Crippen LogP contribution in [-0.4, -0.2) is 21.1 Å². The van der Waals surface area contributed by atoms with Gasteiger partial charge in [0, 0.05) is 10.9 Å². The number of hydrogen-bond donors (Lipinski definition) is 3. The molecule has 6 nitrogen and oxygen atoms in total. The zero-order chi connectivity index (χ0) is 22.5. The van der Waals surface area contributed by atoms with Crippen LogP contribution in [0, 0.1) is 11.3 Å². The van der Waals surface area contributed by atoms with E-state index in [1.54, 1.807) is 0 Å². The van der Waals surface area contributed by atoms with Gasteiger partial charge in [0.05, 0.1) is 5.69 Å². The van der Waals surface area contributed by atoms with Gasteiger partial charge >= 0.3 is 0 Å². The molecule has 0 spiro atoms. The van der Waals surface area contributed by atoms with Gasteiger partial charge in [-0.2, -0.15) is 5.26 Å². The molecular weight excluding hydrogens is 422 g/mol. The van der Waals surface area contributed by atoms with Crippen LogP contribution in [0.1, 0.15) is 5.56 Å². The molecule has 0 fully saturated rings. The maximum atomic E-state index is 12.5. The highest BCUT2D eigenvalue weighted by atomic mass is 32.1. The number of benzene rings is 3. The van der Waals surface area contributed by atoms with E-state index < -0.39 is 5.91 Å². The lowest BCUT2D eigenvalue weighted by atomic mass is 10.0. The molecule has 0 aliphatic heterocycles. The smallest absolute Gasteiger partial charge is 0.268 e. The van der Waals surface area contributed by atoms with E-state index >= 15 is 0 Å². The molecule has 1 heterocycles. The SMILES string of the molecule is N#C/C(=C\c1ccc(O)c(O)c1)C(=O)Nc1nc(-c2cccc(-c3ccccc3)c2)cs1. The number of anilines is 1. The normalized spacial score (nSPS) is 11.0. The quantitative estimate of drug-likeness (QED) is 0.218. The van der Waals surface area contributed by atoms with Gasteiger partial charge in [-0.3, -0.25) is 10.1 Å². The highest BCUT2D eigenvalue weighted by Crippen LogP contribution is 2.29. The largest absolute Gasteiger partial charge is 0.504 e. The highest BCUT2D eigenvalue weighted by molar-refractivity contribution is 7.14. The topological polar surface area (TPSA) is 106 Å². The van der Waals surface area contributed by atoms with Crippen molar-refractivity contribution in [2.24, 2.45) is 0 Å². The molecule has 0 aliphatic rings. The van der Waals surface area contributed by atoms with Crippen LogP contribution in [0.25, 0.3) is 28.5 Å². The molecular formula is C25H17N3O3S. The second-order valence-electron chi connectivity index (χ2n) is 6.86. The first-order valence-electron chi connectivity index (χ1n) is 9.60. The monoisotopic (exact) mass is 439 g/mol. The number of hydrogen-bond acceptors (Lipinski definition) is 6. The molecule has 156 valence electrons. The number of amides is 1. The minimum Gasteiger partial charge on any atom is -0.504 e. The molecule has 0 unspecified atom stereocenters. The number of phenolic OH excluding ortho intramolecular Hbond substituents is 2. The first kappa shape index (κ1) is 20.8. The number of carbonyl (C=O) groups excluding carboxylic acids is 1. The van der Waals surface area contributed by atoms with Crippen molar-refractivity contribution in [3.05, 3.63) is 89.3 Å². The summed E-state index contributed by atoms with van der Waals surface area (Å²) in [7, 11) is 0. The summed E-state index contributed by atoms with van der Waals surface area (Å²) in [6.07, 6.45) is 1.33. The van der Waals surface area contributed by atoms with Gasteiger partial charge in [-0.05, 0) is 41.0 Å². The Morgan fingerprint density at radius 3 is 2.44 bits per heavy atom. The molecule has 7 heteroatoms. The molecule has 0 atom stereocenters. The highest BCUT2D eigenvalue weighted by Gasteiger charge is 2.13. The van der Waals surface area contributed by atoms with Gasteiger partial charge in [-0.1, -0.05) is 54.6 Å². The Balaban J connectivity index is 1.53. The lowest BCUT2D eigenvalue weighted by Crippen LogP contribution is -2.13. The van der Waals surface area contributed by atoms with E-state index in [0.29, 0.717) is 16.4 Å². The molecule has 32 heavy (non-hydrogen) atoms. The van der Waals surface area contributed by atoms with Crippen molar-refractivity contribution < 1.29 is 15.0 Å². The number of nitriles is 1. The standard InChI is InChI=1S/C25H17N3O3S/c26-14-20(11-16-9-10-22(29)23(30)12-16)24(31)28-25-27-21(15-32-25)19-8-4-7-18(13-19)17-5-2-1-3-6-17/h1-13,15,29-30H,(H,27,28,31)/b20-11+. The summed E-state index contributed by atoms with van der Waals surface area (Å²) >= 11 is 1.26. The van der Waals surface area contributed by atoms with Crippen molar-refractivity contribution in [2.45, 2.75) is 0 Å². The fourth-order valence-corrected chi connectivity index (χ4v) is 3.78. The van der Waals surface area contributed by atoms with Crippen LogP contribution in [0.15, 0.2) is 83.7 Å². The molecule has 1 aromatic heterocycles. The third-order valence-electron chi connectivity index (χ3n) is 4.67. The first-order chi connectivity index (χ1) is 15.5. The fourth-order valence-electron chi connectivity index (χ4n) is 3.06. The average Bonchev–Trinajstić information content (AvgIpc) is 3.29. The minimum atomic E-state index is -0.612. The van der Waals surface area contributed by atoms with Gasteiger partial charge in [0.2, 0.25) is 0 Å². The van der Waals surface area contributed by atoms with Crippen LogP contribution in [0.5, 0.6) is 11.5 Å². The maximum Gasteiger partial charge on any atom is 0.268 e. The van der Waals surface area contributed by atoms with E-state index in [9.17, 15) is 20.3 Å². The van der Waals surface area contributed by atoms with Crippen molar-refractivity contribution in [3.63, 3.8) is 0 Å². The zero-order valence-electron chi connectivity index (χ0n) is 16.7. The summed E-state index contributed by atoms with van der Waals surface area (Å²) in [6.45, 7) is 0. The number of phenols is 2. The number of aromatic hydroxyl groups is 2. The van der Waals surface area contributed by atoms with E-state index in [0.717, 1.165) is 16.7 Å². The van der Waals surface area contributed by atoms with Gasteiger partial charge < -0.3 is 10.2 Å². The molecule has 3 aromatic carbocycles. The van der Waals surface area contributed by atoms with Gasteiger partial charge in [0.1, 0.15) is 11.6 Å². The Morgan fingerprint density at radius 2 is 1.69 bits per heavy atom. The summed E-state index contributed by atoms with van der Waals surface area (Å²) in [4.78, 5) is 17.0. The van der Waals surface area contributed by atoms with Gasteiger partial charge in [-0.25, -0.2) is 4.98 Å². The lowest BCUT2D eigenvalue weighted by molar-refractivity contribution is -0.112. The predicted octanol–water partition coefficient (Wildman–Crippen LogP) is 5.43. The number of carbonyl (C=O) groups is 1. The number of nitrogens with one attached hydrogen (secondary N) is 1. The third-order valence-corrected chi connectivity index (χ3v) is 5.42. The second kappa shape index (κ2) is 9.16. The van der Waals surface area contributed by atoms with Crippen molar-refractivity contribution in [2.75, 3.05) is 5.32 Å². The van der Waals surface area contributed by atoms with Gasteiger partial charge in [-0.15, -0.1) is 11.3 Å². The first-order valence-corrected chi connectivity index (χ1v) is 10.5. The van der Waals surface area contributed by atoms with E-state index in [2.05, 4.69) is 10.3 Å². The summed E-state index contributed by atoms with van der Waals surface area (Å²) in [6, 6.07) is 23.9. The Bertz CT molecular complexity index is 1350. The Morgan fingerprint density at radius 1 is 0.938 bits per heavy atom. The molecule has 1 amide bonds. The van der Waals surface area contributed by atoms with Crippen LogP contribution in [0.3, 0.4) is 0 Å². The Hall–Kier alpha value is -4.41. The van der Waals surface area contributed by atoms with Crippen molar-refractivity contribution in [1.29, 1.82) is 5.26 Å². The van der Waals surface area contributed by atoms with Crippen LogP contribution in [-0.2, 0) is 4.79 Å². The van der Waals surface area contributed by atoms with Crippen LogP contribution in [0.4, 0.5) is 5.13 Å². The van der Waals surface area contributed by atoms with Crippen molar-refractivity contribution in [3.8, 4) is 40.0 Å². The summed E-state index contributed by atoms with van der Waals surface area (Å²) in [5.74, 6) is -1.23. The lowest BCUT2D eigenvalue weighted by Gasteiger charge is -2.04. The minimum absolute atomic E-state index is 0.155. The third kappa shape index (κ3) is 4.67. The number of aromatic nitrogens is 1. The molecule has 0 aliphatic carbocycles. The van der Waals surface area contributed by atoms with E-state index in [4.69, 9.17) is 0 Å². The molecule has 4 aromatic rings. The van der Waals surface area contributed by atoms with Gasteiger partial charge in [0.25, 0.3) is 5.91 Å². The summed E-state index contributed by atoms with van der Waals surface area (Å²) in [5, 5.41) is 33.2. The van der Waals surface area contributed by atoms with Crippen LogP contribution in [0.2, 0.25) is 0 Å². The molecule has 0 saturated heterocycles. The van der Waals surface area contributed by atoms with Crippen LogP contribution < -0.4 is 5.32 Å². The average molecular weight is 439 g/mol. The maximum absolute atomic E-state index is 12.5. The molecule has 0 bridgehead atoms. The molecule has 3 N–H and O–H groups in total. The molecule has 0 saturated carbocycles. The van der Waals surface area contributed by atoms with E-state index in [1.807, 2.05) is 66.0 Å².